The van der Waals surface area contributed by atoms with Crippen LogP contribution >= 0.6 is 11.6 Å². The number of aliphatic hydroxyl groups excluding tert-OH is 2. The third kappa shape index (κ3) is 6.56. The standard InChI is InChI=1S/C26H32ClN11O4/c1-4-30-23-24-31-11-16(10-29)38(24)35-25(34-23)32-19-7-15(9-28)8-20(22(19)27)37-6-5-18(33-26(41)42-3)21(13-37)36(2)12-17(40)14-39/h7-8,11,17-18,21,39-40H,4-6,12-14H2,1-3H3,(H,33,41)(H2,30,32,34,35)/t17-,18+,21?/m0/s1. The minimum Gasteiger partial charge on any atom is -0.453 e. The SMILES string of the molecule is CCNc1nc(Nc2cc(C#N)cc(N3CC[C@@H](NC(=O)OC)C(N(C)C[C@H](O)CO)C3)c2Cl)nn2c(C#N)cnc12. The van der Waals surface area contributed by atoms with Crippen molar-refractivity contribution < 1.29 is 19.7 Å². The van der Waals surface area contributed by atoms with Crippen LogP contribution in [0.1, 0.15) is 24.6 Å². The van der Waals surface area contributed by atoms with Gasteiger partial charge in [0.05, 0.1) is 60.1 Å². The van der Waals surface area contributed by atoms with Crippen molar-refractivity contribution in [1.29, 1.82) is 10.5 Å². The largest absolute Gasteiger partial charge is 0.453 e. The number of rotatable bonds is 10. The molecule has 4 rings (SSSR count). The Morgan fingerprint density at radius 3 is 2.81 bits per heavy atom. The summed E-state index contributed by atoms with van der Waals surface area (Å²) >= 11 is 6.92. The average molecular weight is 598 g/mol. The average Bonchev–Trinajstić information content (AvgIpc) is 3.41. The van der Waals surface area contributed by atoms with Crippen molar-refractivity contribution in [2.45, 2.75) is 31.5 Å². The molecule has 3 atom stereocenters. The molecule has 222 valence electrons. The molecule has 1 saturated heterocycles. The fraction of sp³-hybridized carbons (Fsp3) is 0.462. The van der Waals surface area contributed by atoms with Crippen molar-refractivity contribution in [3.8, 4) is 12.1 Å². The van der Waals surface area contributed by atoms with E-state index in [-0.39, 0.29) is 30.3 Å². The number of amides is 1. The maximum absolute atomic E-state index is 12.0. The number of methoxy groups -OCH3 is 1. The number of aromatic nitrogens is 4. The van der Waals surface area contributed by atoms with Gasteiger partial charge in [0.1, 0.15) is 6.07 Å². The van der Waals surface area contributed by atoms with Crippen LogP contribution in [-0.4, -0.2) is 106 Å². The lowest BCUT2D eigenvalue weighted by atomic mass is 9.96. The van der Waals surface area contributed by atoms with Gasteiger partial charge < -0.3 is 35.8 Å². The van der Waals surface area contributed by atoms with Gasteiger partial charge in [0.15, 0.2) is 17.2 Å². The summed E-state index contributed by atoms with van der Waals surface area (Å²) in [6.45, 7) is 3.09. The van der Waals surface area contributed by atoms with E-state index in [1.807, 2.05) is 16.7 Å². The number of piperidine rings is 1. The van der Waals surface area contributed by atoms with Gasteiger partial charge in [-0.25, -0.2) is 9.78 Å². The fourth-order valence-corrected chi connectivity index (χ4v) is 5.19. The molecule has 1 fully saturated rings. The minimum atomic E-state index is -0.966. The third-order valence-corrected chi connectivity index (χ3v) is 7.33. The van der Waals surface area contributed by atoms with Crippen LogP contribution < -0.4 is 20.9 Å². The van der Waals surface area contributed by atoms with E-state index in [9.17, 15) is 25.5 Å². The normalized spacial score (nSPS) is 17.4. The molecule has 1 amide bonds. The van der Waals surface area contributed by atoms with Crippen LogP contribution in [0.3, 0.4) is 0 Å². The van der Waals surface area contributed by atoms with E-state index < -0.39 is 18.8 Å². The molecule has 1 aliphatic heterocycles. The third-order valence-electron chi connectivity index (χ3n) is 6.94. The van der Waals surface area contributed by atoms with Gasteiger partial charge in [0.2, 0.25) is 5.95 Å². The number of carbonyl (C=O) groups is 1. The number of nitriles is 2. The van der Waals surface area contributed by atoms with Crippen LogP contribution in [0, 0.1) is 22.7 Å². The van der Waals surface area contributed by atoms with Gasteiger partial charge in [-0.1, -0.05) is 11.6 Å². The summed E-state index contributed by atoms with van der Waals surface area (Å²) in [4.78, 5) is 24.6. The van der Waals surface area contributed by atoms with Crippen molar-refractivity contribution in [1.82, 2.24) is 29.8 Å². The number of hydrogen-bond donors (Lipinski definition) is 5. The lowest BCUT2D eigenvalue weighted by Crippen LogP contribution is -2.61. The molecule has 0 aliphatic carbocycles. The van der Waals surface area contributed by atoms with Crippen LogP contribution in [0.2, 0.25) is 5.02 Å². The molecule has 0 bridgehead atoms. The van der Waals surface area contributed by atoms with Crippen LogP contribution in [0.4, 0.5) is 27.9 Å². The zero-order valence-electron chi connectivity index (χ0n) is 23.4. The monoisotopic (exact) mass is 597 g/mol. The second-order valence-electron chi connectivity index (χ2n) is 9.72. The van der Waals surface area contributed by atoms with Crippen LogP contribution in [-0.2, 0) is 4.74 Å². The van der Waals surface area contributed by atoms with Gasteiger partial charge in [0.25, 0.3) is 0 Å². The molecule has 42 heavy (non-hydrogen) atoms. The van der Waals surface area contributed by atoms with E-state index in [1.54, 1.807) is 19.2 Å². The number of hydrogen-bond acceptors (Lipinski definition) is 13. The molecule has 0 spiro atoms. The predicted molar refractivity (Wildman–Crippen MR) is 155 cm³/mol. The second kappa shape index (κ2) is 13.5. The predicted octanol–water partition coefficient (Wildman–Crippen LogP) is 1.28. The molecule has 1 aromatic carbocycles. The Bertz CT molecular complexity index is 1520. The first kappa shape index (κ1) is 30.5. The summed E-state index contributed by atoms with van der Waals surface area (Å²) < 4.78 is 6.17. The molecule has 2 aromatic heterocycles. The van der Waals surface area contributed by atoms with Crippen LogP contribution in [0.15, 0.2) is 18.3 Å². The number of nitrogens with one attached hydrogen (secondary N) is 3. The van der Waals surface area contributed by atoms with E-state index >= 15 is 0 Å². The van der Waals surface area contributed by atoms with Crippen molar-refractivity contribution in [2.75, 3.05) is 62.5 Å². The molecule has 1 unspecified atom stereocenters. The lowest BCUT2D eigenvalue weighted by Gasteiger charge is -2.44. The Labute approximate surface area is 247 Å². The maximum atomic E-state index is 12.0. The molecular weight excluding hydrogens is 566 g/mol. The highest BCUT2D eigenvalue weighted by Crippen LogP contribution is 2.37. The number of fused-ring (bicyclic) bond motifs is 1. The Morgan fingerprint density at radius 1 is 1.36 bits per heavy atom. The number of halogens is 1. The maximum Gasteiger partial charge on any atom is 0.407 e. The van der Waals surface area contributed by atoms with E-state index in [4.69, 9.17) is 16.3 Å². The highest BCUT2D eigenvalue weighted by molar-refractivity contribution is 6.36. The second-order valence-corrected chi connectivity index (χ2v) is 10.1. The quantitative estimate of drug-likeness (QED) is 0.224. The number of alkyl carbamates (subject to hydrolysis) is 1. The van der Waals surface area contributed by atoms with E-state index in [0.717, 1.165) is 0 Å². The highest BCUT2D eigenvalue weighted by atomic mass is 35.5. The Morgan fingerprint density at radius 2 is 2.14 bits per heavy atom. The topological polar surface area (TPSA) is 200 Å². The van der Waals surface area contributed by atoms with Crippen molar-refractivity contribution in [2.24, 2.45) is 0 Å². The molecule has 1 aliphatic rings. The Kier molecular flexibility index (Phi) is 9.82. The molecule has 3 heterocycles. The van der Waals surface area contributed by atoms with Crippen molar-refractivity contribution in [3.63, 3.8) is 0 Å². The summed E-state index contributed by atoms with van der Waals surface area (Å²) in [5.41, 5.74) is 1.89. The van der Waals surface area contributed by atoms with E-state index in [1.165, 1.54) is 17.8 Å². The summed E-state index contributed by atoms with van der Waals surface area (Å²) in [5, 5.41) is 52.5. The number of ether oxygens (including phenoxy) is 1. The van der Waals surface area contributed by atoms with Gasteiger partial charge in [-0.3, -0.25) is 4.90 Å². The smallest absolute Gasteiger partial charge is 0.407 e. The first-order chi connectivity index (χ1) is 20.2. The summed E-state index contributed by atoms with van der Waals surface area (Å²) in [6.07, 6.45) is 0.379. The molecule has 0 saturated carbocycles. The van der Waals surface area contributed by atoms with E-state index in [0.29, 0.717) is 59.5 Å². The van der Waals surface area contributed by atoms with E-state index in [2.05, 4.69) is 43.2 Å². The van der Waals surface area contributed by atoms with Crippen molar-refractivity contribution >= 4 is 46.5 Å². The van der Waals surface area contributed by atoms with Gasteiger partial charge >= 0.3 is 6.09 Å². The minimum absolute atomic E-state index is 0.132. The molecule has 5 N–H and O–H groups in total. The van der Waals surface area contributed by atoms with Crippen molar-refractivity contribution in [3.05, 3.63) is 34.6 Å². The summed E-state index contributed by atoms with van der Waals surface area (Å²) in [6, 6.07) is 6.87. The summed E-state index contributed by atoms with van der Waals surface area (Å²) in [5.74, 6) is 0.549. The molecular formula is C26H32ClN11O4. The van der Waals surface area contributed by atoms with Gasteiger partial charge in [-0.05, 0) is 32.5 Å². The lowest BCUT2D eigenvalue weighted by molar-refractivity contribution is 0.0457. The number of aliphatic hydroxyl groups is 2. The molecule has 3 aromatic rings. The number of imidazole rings is 1. The fourth-order valence-electron chi connectivity index (χ4n) is 4.91. The molecule has 16 heteroatoms. The summed E-state index contributed by atoms with van der Waals surface area (Å²) in [7, 11) is 3.08. The highest BCUT2D eigenvalue weighted by Gasteiger charge is 2.35. The number of nitrogens with zero attached hydrogens (tertiary/aromatic N) is 8. The zero-order valence-corrected chi connectivity index (χ0v) is 24.1. The zero-order chi connectivity index (χ0) is 30.4. The Hall–Kier alpha value is -4.41. The molecule has 0 radical (unpaired) electrons. The van der Waals surface area contributed by atoms with Crippen LogP contribution in [0.25, 0.3) is 5.65 Å². The first-order valence-corrected chi connectivity index (χ1v) is 13.6. The van der Waals surface area contributed by atoms with Gasteiger partial charge in [-0.15, -0.1) is 5.10 Å². The first-order valence-electron chi connectivity index (χ1n) is 13.2. The number of carbonyl (C=O) groups excluding carboxylic acids is 1. The number of likely N-dealkylation sites (N-methyl/N-ethyl adjacent to an activating group) is 1. The van der Waals surface area contributed by atoms with Gasteiger partial charge in [-0.2, -0.15) is 20.0 Å². The molecule has 15 nitrogen and oxygen atoms in total. The Balaban J connectivity index is 1.69. The van der Waals surface area contributed by atoms with Crippen LogP contribution in [0.5, 0.6) is 0 Å². The number of anilines is 4. The number of benzene rings is 1. The van der Waals surface area contributed by atoms with Gasteiger partial charge in [0, 0.05) is 32.2 Å².